The Morgan fingerprint density at radius 1 is 1.40 bits per heavy atom. The van der Waals surface area contributed by atoms with Crippen molar-refractivity contribution < 1.29 is 14.7 Å². The summed E-state index contributed by atoms with van der Waals surface area (Å²) in [5.74, 6) is -1.08. The highest BCUT2D eigenvalue weighted by Gasteiger charge is 2.08. The summed E-state index contributed by atoms with van der Waals surface area (Å²) in [6, 6.07) is 7.16. The Bertz CT molecular complexity index is 634. The van der Waals surface area contributed by atoms with Gasteiger partial charge in [0, 0.05) is 25.4 Å². The molecule has 0 bridgehead atoms. The third-order valence-electron chi connectivity index (χ3n) is 2.78. The molecule has 0 atom stereocenters. The lowest BCUT2D eigenvalue weighted by molar-refractivity contribution is -0.136. The van der Waals surface area contributed by atoms with E-state index >= 15 is 0 Å². The van der Waals surface area contributed by atoms with Crippen molar-refractivity contribution in [2.45, 2.75) is 12.8 Å². The Hall–Kier alpha value is -2.63. The zero-order valence-corrected chi connectivity index (χ0v) is 11.0. The van der Waals surface area contributed by atoms with Gasteiger partial charge in [-0.05, 0) is 24.1 Å². The van der Waals surface area contributed by atoms with Crippen LogP contribution in [0.1, 0.15) is 22.3 Å². The molecule has 0 spiro atoms. The number of aryl methyl sites for hydroxylation is 2. The molecule has 1 aromatic heterocycles. The van der Waals surface area contributed by atoms with Gasteiger partial charge >= 0.3 is 5.97 Å². The summed E-state index contributed by atoms with van der Waals surface area (Å²) in [6.45, 7) is 0. The minimum absolute atomic E-state index is 0.0694. The molecule has 0 saturated heterocycles. The third-order valence-corrected chi connectivity index (χ3v) is 2.78. The molecule has 2 rings (SSSR count). The molecule has 2 aromatic rings. The number of hydrogen-bond acceptors (Lipinski definition) is 3. The van der Waals surface area contributed by atoms with E-state index in [0.29, 0.717) is 17.7 Å². The van der Waals surface area contributed by atoms with Crippen molar-refractivity contribution in [1.82, 2.24) is 9.78 Å². The molecular formula is C14H15N3O3. The molecule has 1 amide bonds. The van der Waals surface area contributed by atoms with Crippen LogP contribution < -0.4 is 5.32 Å². The van der Waals surface area contributed by atoms with Crippen LogP contribution in [0.5, 0.6) is 0 Å². The molecule has 6 nitrogen and oxygen atoms in total. The second kappa shape index (κ2) is 6.01. The standard InChI is InChI=1S/C14H15N3O3/c1-17-9-11(8-15-17)14(20)16-12-4-2-3-10(7-12)5-6-13(18)19/h2-4,7-9H,5-6H2,1H3,(H,16,20)(H,18,19). The highest BCUT2D eigenvalue weighted by Crippen LogP contribution is 2.13. The molecule has 6 heteroatoms. The first kappa shape index (κ1) is 13.8. The molecule has 20 heavy (non-hydrogen) atoms. The predicted octanol–water partition coefficient (Wildman–Crippen LogP) is 1.69. The van der Waals surface area contributed by atoms with E-state index in [4.69, 9.17) is 5.11 Å². The SMILES string of the molecule is Cn1cc(C(=O)Nc2cccc(CCC(=O)O)c2)cn1. The van der Waals surface area contributed by atoms with Gasteiger partial charge in [0.15, 0.2) is 0 Å². The Morgan fingerprint density at radius 2 is 2.20 bits per heavy atom. The van der Waals surface area contributed by atoms with Gasteiger partial charge in [-0.1, -0.05) is 12.1 Å². The van der Waals surface area contributed by atoms with Gasteiger partial charge in [0.1, 0.15) is 0 Å². The van der Waals surface area contributed by atoms with E-state index in [1.165, 1.54) is 6.20 Å². The molecule has 1 heterocycles. The average Bonchev–Trinajstić information content (AvgIpc) is 2.84. The first-order valence-electron chi connectivity index (χ1n) is 6.15. The zero-order chi connectivity index (χ0) is 14.5. The minimum Gasteiger partial charge on any atom is -0.481 e. The number of benzene rings is 1. The number of anilines is 1. The van der Waals surface area contributed by atoms with Crippen LogP contribution in [0, 0.1) is 0 Å². The average molecular weight is 273 g/mol. The Morgan fingerprint density at radius 3 is 2.85 bits per heavy atom. The van der Waals surface area contributed by atoms with Crippen molar-refractivity contribution >= 4 is 17.6 Å². The van der Waals surface area contributed by atoms with Gasteiger partial charge in [-0.2, -0.15) is 5.10 Å². The molecule has 0 aliphatic heterocycles. The number of amides is 1. The van der Waals surface area contributed by atoms with Crippen molar-refractivity contribution in [3.05, 3.63) is 47.8 Å². The van der Waals surface area contributed by atoms with Gasteiger partial charge < -0.3 is 10.4 Å². The van der Waals surface area contributed by atoms with E-state index < -0.39 is 5.97 Å². The second-order valence-corrected chi connectivity index (χ2v) is 4.45. The normalized spacial score (nSPS) is 10.2. The van der Waals surface area contributed by atoms with Crippen molar-refractivity contribution in [3.8, 4) is 0 Å². The lowest BCUT2D eigenvalue weighted by Crippen LogP contribution is -2.11. The van der Waals surface area contributed by atoms with Gasteiger partial charge in [0.05, 0.1) is 11.8 Å². The van der Waals surface area contributed by atoms with E-state index in [-0.39, 0.29) is 12.3 Å². The molecule has 104 valence electrons. The highest BCUT2D eigenvalue weighted by atomic mass is 16.4. The summed E-state index contributed by atoms with van der Waals surface area (Å²) in [5, 5.41) is 15.4. The first-order valence-corrected chi connectivity index (χ1v) is 6.15. The molecular weight excluding hydrogens is 258 g/mol. The fourth-order valence-electron chi connectivity index (χ4n) is 1.80. The number of aliphatic carboxylic acids is 1. The van der Waals surface area contributed by atoms with Gasteiger partial charge in [-0.3, -0.25) is 14.3 Å². The summed E-state index contributed by atoms with van der Waals surface area (Å²) in [6.07, 6.45) is 3.62. The third kappa shape index (κ3) is 3.68. The number of rotatable bonds is 5. The van der Waals surface area contributed by atoms with Gasteiger partial charge in [0.2, 0.25) is 0 Å². The van der Waals surface area contributed by atoms with Crippen LogP contribution in [0.2, 0.25) is 0 Å². The Labute approximate surface area is 116 Å². The largest absolute Gasteiger partial charge is 0.481 e. The maximum atomic E-state index is 11.9. The lowest BCUT2D eigenvalue weighted by atomic mass is 10.1. The van der Waals surface area contributed by atoms with Crippen LogP contribution in [0.3, 0.4) is 0 Å². The monoisotopic (exact) mass is 273 g/mol. The van der Waals surface area contributed by atoms with E-state index in [1.54, 1.807) is 36.1 Å². The molecule has 0 saturated carbocycles. The molecule has 0 aliphatic carbocycles. The van der Waals surface area contributed by atoms with Crippen molar-refractivity contribution in [2.24, 2.45) is 7.05 Å². The topological polar surface area (TPSA) is 84.2 Å². The number of carbonyl (C=O) groups is 2. The molecule has 0 aliphatic rings. The molecule has 1 aromatic carbocycles. The fraction of sp³-hybridized carbons (Fsp3) is 0.214. The first-order chi connectivity index (χ1) is 9.54. The smallest absolute Gasteiger partial charge is 0.303 e. The van der Waals surface area contributed by atoms with E-state index in [0.717, 1.165) is 5.56 Å². The number of hydrogen-bond donors (Lipinski definition) is 2. The number of carboxylic acid groups (broad SMARTS) is 1. The molecule has 2 N–H and O–H groups in total. The van der Waals surface area contributed by atoms with Gasteiger partial charge in [-0.25, -0.2) is 0 Å². The van der Waals surface area contributed by atoms with E-state index in [1.807, 2.05) is 6.07 Å². The molecule has 0 radical (unpaired) electrons. The fourth-order valence-corrected chi connectivity index (χ4v) is 1.80. The van der Waals surface area contributed by atoms with Gasteiger partial charge in [0.25, 0.3) is 5.91 Å². The van der Waals surface area contributed by atoms with Gasteiger partial charge in [-0.15, -0.1) is 0 Å². The van der Waals surface area contributed by atoms with Crippen LogP contribution >= 0.6 is 0 Å². The Balaban J connectivity index is 2.04. The lowest BCUT2D eigenvalue weighted by Gasteiger charge is -2.06. The molecule has 0 fully saturated rings. The van der Waals surface area contributed by atoms with Crippen LogP contribution in [0.4, 0.5) is 5.69 Å². The number of carboxylic acids is 1. The minimum atomic E-state index is -0.838. The summed E-state index contributed by atoms with van der Waals surface area (Å²) in [4.78, 5) is 22.5. The van der Waals surface area contributed by atoms with Crippen LogP contribution in [0.15, 0.2) is 36.7 Å². The summed E-state index contributed by atoms with van der Waals surface area (Å²) in [5.41, 5.74) is 1.99. The number of carbonyl (C=O) groups excluding carboxylic acids is 1. The Kier molecular flexibility index (Phi) is 4.14. The summed E-state index contributed by atoms with van der Waals surface area (Å²) in [7, 11) is 1.74. The predicted molar refractivity (Wildman–Crippen MR) is 73.6 cm³/mol. The number of nitrogens with zero attached hydrogens (tertiary/aromatic N) is 2. The second-order valence-electron chi connectivity index (χ2n) is 4.45. The van der Waals surface area contributed by atoms with Crippen molar-refractivity contribution in [3.63, 3.8) is 0 Å². The summed E-state index contributed by atoms with van der Waals surface area (Å²) < 4.78 is 1.55. The quantitative estimate of drug-likeness (QED) is 0.868. The van der Waals surface area contributed by atoms with Crippen LogP contribution in [-0.4, -0.2) is 26.8 Å². The van der Waals surface area contributed by atoms with Crippen LogP contribution in [0.25, 0.3) is 0 Å². The highest BCUT2D eigenvalue weighted by molar-refractivity contribution is 6.03. The maximum absolute atomic E-state index is 11.9. The van der Waals surface area contributed by atoms with Crippen molar-refractivity contribution in [2.75, 3.05) is 5.32 Å². The number of aromatic nitrogens is 2. The molecule has 0 unspecified atom stereocenters. The van der Waals surface area contributed by atoms with Crippen molar-refractivity contribution in [1.29, 1.82) is 0 Å². The maximum Gasteiger partial charge on any atom is 0.303 e. The van der Waals surface area contributed by atoms with E-state index in [9.17, 15) is 9.59 Å². The summed E-state index contributed by atoms with van der Waals surface area (Å²) >= 11 is 0. The van der Waals surface area contributed by atoms with E-state index in [2.05, 4.69) is 10.4 Å². The zero-order valence-electron chi connectivity index (χ0n) is 11.0. The van der Waals surface area contributed by atoms with Crippen LogP contribution in [-0.2, 0) is 18.3 Å². The number of nitrogens with one attached hydrogen (secondary N) is 1.